The van der Waals surface area contributed by atoms with Gasteiger partial charge in [0.25, 0.3) is 5.91 Å². The van der Waals surface area contributed by atoms with Crippen LogP contribution in [0.4, 0.5) is 0 Å². The van der Waals surface area contributed by atoms with Crippen molar-refractivity contribution in [1.82, 2.24) is 5.32 Å². The molecule has 0 aliphatic carbocycles. The predicted molar refractivity (Wildman–Crippen MR) is 78.9 cm³/mol. The molecule has 0 fully saturated rings. The fourth-order valence-corrected chi connectivity index (χ4v) is 2.73. The van der Waals surface area contributed by atoms with E-state index in [4.69, 9.17) is 5.14 Å². The maximum absolute atomic E-state index is 12.1. The number of benzene rings is 1. The van der Waals surface area contributed by atoms with Crippen LogP contribution in [0.3, 0.4) is 0 Å². The van der Waals surface area contributed by atoms with Gasteiger partial charge < -0.3 is 5.32 Å². The molecule has 1 atom stereocenters. The lowest BCUT2D eigenvalue weighted by Crippen LogP contribution is -2.33. The number of nitrogens with one attached hydrogen (secondary N) is 1. The summed E-state index contributed by atoms with van der Waals surface area (Å²) < 4.78 is 22.5. The zero-order valence-corrected chi connectivity index (χ0v) is 13.1. The standard InChI is InChI=1S/C14H22N2O3S/c1-9(2)7-11(4)16-14(17)13-6-5-12(8-10(13)3)20(15,18)19/h5-6,8-9,11H,7H2,1-4H3,(H,16,17)(H2,15,18,19). The highest BCUT2D eigenvalue weighted by atomic mass is 32.2. The minimum atomic E-state index is -3.74. The first-order valence-electron chi connectivity index (χ1n) is 6.55. The molecule has 0 aliphatic heterocycles. The summed E-state index contributed by atoms with van der Waals surface area (Å²) in [5.41, 5.74) is 1.05. The fourth-order valence-electron chi connectivity index (χ4n) is 2.14. The van der Waals surface area contributed by atoms with Crippen LogP contribution in [-0.2, 0) is 10.0 Å². The number of nitrogens with two attached hydrogens (primary N) is 1. The van der Waals surface area contributed by atoms with Crippen LogP contribution in [-0.4, -0.2) is 20.4 Å². The molecule has 1 aromatic rings. The van der Waals surface area contributed by atoms with Crippen molar-refractivity contribution in [3.05, 3.63) is 29.3 Å². The third kappa shape index (κ3) is 4.61. The smallest absolute Gasteiger partial charge is 0.251 e. The van der Waals surface area contributed by atoms with Gasteiger partial charge in [0, 0.05) is 11.6 Å². The largest absolute Gasteiger partial charge is 0.350 e. The number of rotatable bonds is 5. The Balaban J connectivity index is 2.90. The van der Waals surface area contributed by atoms with Crippen molar-refractivity contribution in [3.8, 4) is 0 Å². The van der Waals surface area contributed by atoms with Crippen LogP contribution in [0.1, 0.15) is 43.1 Å². The summed E-state index contributed by atoms with van der Waals surface area (Å²) in [4.78, 5) is 12.1. The average molecular weight is 298 g/mol. The Morgan fingerprint density at radius 3 is 2.35 bits per heavy atom. The van der Waals surface area contributed by atoms with E-state index < -0.39 is 10.0 Å². The third-order valence-corrected chi connectivity index (χ3v) is 3.88. The molecule has 3 N–H and O–H groups in total. The highest BCUT2D eigenvalue weighted by molar-refractivity contribution is 7.89. The first-order chi connectivity index (χ1) is 9.11. The van der Waals surface area contributed by atoms with E-state index in [-0.39, 0.29) is 16.8 Å². The molecule has 5 nitrogen and oxygen atoms in total. The van der Waals surface area contributed by atoms with Gasteiger partial charge in [-0.05, 0) is 49.9 Å². The van der Waals surface area contributed by atoms with Crippen LogP contribution >= 0.6 is 0 Å². The highest BCUT2D eigenvalue weighted by Crippen LogP contribution is 2.15. The summed E-state index contributed by atoms with van der Waals surface area (Å²) in [5, 5.41) is 7.97. The Labute approximate surface area is 120 Å². The molecule has 0 heterocycles. The van der Waals surface area contributed by atoms with Gasteiger partial charge in [-0.3, -0.25) is 4.79 Å². The zero-order valence-electron chi connectivity index (χ0n) is 12.3. The Bertz CT molecular complexity index is 594. The van der Waals surface area contributed by atoms with Gasteiger partial charge in [-0.15, -0.1) is 0 Å². The maximum Gasteiger partial charge on any atom is 0.251 e. The summed E-state index contributed by atoms with van der Waals surface area (Å²) in [6.45, 7) is 7.83. The van der Waals surface area contributed by atoms with Crippen LogP contribution in [0.2, 0.25) is 0 Å². The van der Waals surface area contributed by atoms with Gasteiger partial charge in [0.2, 0.25) is 10.0 Å². The number of amides is 1. The molecule has 0 saturated carbocycles. The number of carbonyl (C=O) groups is 1. The first-order valence-corrected chi connectivity index (χ1v) is 8.10. The normalized spacial score (nSPS) is 13.3. The minimum absolute atomic E-state index is 0.0155. The van der Waals surface area contributed by atoms with Crippen LogP contribution < -0.4 is 10.5 Å². The van der Waals surface area contributed by atoms with E-state index in [1.165, 1.54) is 18.2 Å². The van der Waals surface area contributed by atoms with E-state index in [1.807, 2.05) is 6.92 Å². The maximum atomic E-state index is 12.1. The molecule has 0 saturated heterocycles. The summed E-state index contributed by atoms with van der Waals surface area (Å²) in [7, 11) is -3.74. The topological polar surface area (TPSA) is 89.3 Å². The van der Waals surface area contributed by atoms with Gasteiger partial charge in [-0.1, -0.05) is 13.8 Å². The lowest BCUT2D eigenvalue weighted by molar-refractivity contribution is 0.0935. The van der Waals surface area contributed by atoms with Crippen molar-refractivity contribution in [3.63, 3.8) is 0 Å². The quantitative estimate of drug-likeness (QED) is 0.868. The van der Waals surface area contributed by atoms with Gasteiger partial charge in [0.05, 0.1) is 4.90 Å². The Morgan fingerprint density at radius 1 is 1.30 bits per heavy atom. The second-order valence-corrected chi connectivity index (χ2v) is 7.09. The van der Waals surface area contributed by atoms with Gasteiger partial charge in [-0.2, -0.15) is 0 Å². The van der Waals surface area contributed by atoms with Gasteiger partial charge >= 0.3 is 0 Å². The number of primary sulfonamides is 1. The lowest BCUT2D eigenvalue weighted by Gasteiger charge is -2.17. The van der Waals surface area contributed by atoms with Crippen molar-refractivity contribution in [2.24, 2.45) is 11.1 Å². The average Bonchev–Trinajstić information content (AvgIpc) is 2.25. The van der Waals surface area contributed by atoms with E-state index in [0.717, 1.165) is 6.42 Å². The molecule has 112 valence electrons. The Kier molecular flexibility index (Phi) is 5.30. The van der Waals surface area contributed by atoms with Crippen molar-refractivity contribution in [1.29, 1.82) is 0 Å². The van der Waals surface area contributed by atoms with Crippen LogP contribution in [0.25, 0.3) is 0 Å². The molecule has 0 spiro atoms. The van der Waals surface area contributed by atoms with E-state index in [0.29, 0.717) is 17.0 Å². The molecule has 0 radical (unpaired) electrons. The second-order valence-electron chi connectivity index (χ2n) is 5.53. The van der Waals surface area contributed by atoms with Crippen LogP contribution in [0, 0.1) is 12.8 Å². The van der Waals surface area contributed by atoms with Gasteiger partial charge in [-0.25, -0.2) is 13.6 Å². The number of hydrogen-bond acceptors (Lipinski definition) is 3. The molecule has 0 aromatic heterocycles. The molecular formula is C14H22N2O3S. The van der Waals surface area contributed by atoms with Gasteiger partial charge in [0.1, 0.15) is 0 Å². The van der Waals surface area contributed by atoms with E-state index in [1.54, 1.807) is 6.92 Å². The van der Waals surface area contributed by atoms with E-state index >= 15 is 0 Å². The minimum Gasteiger partial charge on any atom is -0.350 e. The van der Waals surface area contributed by atoms with E-state index in [2.05, 4.69) is 19.2 Å². The van der Waals surface area contributed by atoms with Gasteiger partial charge in [0.15, 0.2) is 0 Å². The molecule has 1 rings (SSSR count). The van der Waals surface area contributed by atoms with E-state index in [9.17, 15) is 13.2 Å². The molecule has 0 aliphatic rings. The number of hydrogen-bond donors (Lipinski definition) is 2. The van der Waals surface area contributed by atoms with Crippen molar-refractivity contribution < 1.29 is 13.2 Å². The molecular weight excluding hydrogens is 276 g/mol. The molecule has 0 bridgehead atoms. The third-order valence-electron chi connectivity index (χ3n) is 2.97. The summed E-state index contributed by atoms with van der Waals surface area (Å²) >= 11 is 0. The second kappa shape index (κ2) is 6.37. The number of aryl methyl sites for hydroxylation is 1. The summed E-state index contributed by atoms with van der Waals surface area (Å²) in [6.07, 6.45) is 0.889. The molecule has 1 amide bonds. The first kappa shape index (κ1) is 16.7. The van der Waals surface area contributed by atoms with Crippen LogP contribution in [0.5, 0.6) is 0 Å². The molecule has 1 unspecified atom stereocenters. The SMILES string of the molecule is Cc1cc(S(N)(=O)=O)ccc1C(=O)NC(C)CC(C)C. The predicted octanol–water partition coefficient (Wildman–Crippen LogP) is 1.81. The molecule has 6 heteroatoms. The summed E-state index contributed by atoms with van der Waals surface area (Å²) in [6, 6.07) is 4.33. The molecule has 20 heavy (non-hydrogen) atoms. The summed E-state index contributed by atoms with van der Waals surface area (Å²) in [5.74, 6) is 0.299. The Hall–Kier alpha value is -1.40. The van der Waals surface area contributed by atoms with Crippen molar-refractivity contribution >= 4 is 15.9 Å². The highest BCUT2D eigenvalue weighted by Gasteiger charge is 2.15. The monoisotopic (exact) mass is 298 g/mol. The van der Waals surface area contributed by atoms with Crippen molar-refractivity contribution in [2.75, 3.05) is 0 Å². The number of carbonyl (C=O) groups excluding carboxylic acids is 1. The van der Waals surface area contributed by atoms with Crippen LogP contribution in [0.15, 0.2) is 23.1 Å². The lowest BCUT2D eigenvalue weighted by atomic mass is 10.0. The number of sulfonamides is 1. The van der Waals surface area contributed by atoms with Crippen molar-refractivity contribution in [2.45, 2.75) is 45.1 Å². The fraction of sp³-hybridized carbons (Fsp3) is 0.500. The molecule has 1 aromatic carbocycles. The zero-order chi connectivity index (χ0) is 15.5. The Morgan fingerprint density at radius 2 is 1.90 bits per heavy atom.